The summed E-state index contributed by atoms with van der Waals surface area (Å²) in [7, 11) is 0. The average Bonchev–Trinajstić information content (AvgIpc) is 3.13. The van der Waals surface area contributed by atoms with Gasteiger partial charge in [-0.25, -0.2) is 0 Å². The van der Waals surface area contributed by atoms with Crippen molar-refractivity contribution >= 4 is 27.1 Å². The summed E-state index contributed by atoms with van der Waals surface area (Å²) in [6.45, 7) is 0. The first kappa shape index (κ1) is 22.8. The molecule has 0 amide bonds. The topological polar surface area (TPSA) is 0 Å². The van der Waals surface area contributed by atoms with Gasteiger partial charge in [0.1, 0.15) is 0 Å². The predicted octanol–water partition coefficient (Wildman–Crippen LogP) is 10.8. The molecule has 0 nitrogen and oxygen atoms in total. The molecule has 0 bridgehead atoms. The minimum Gasteiger partial charge on any atom is -0.0622 e. The molecular formula is C40H26. The van der Waals surface area contributed by atoms with Gasteiger partial charge < -0.3 is 0 Å². The van der Waals surface area contributed by atoms with E-state index in [1.165, 1.54) is 77.2 Å². The lowest BCUT2D eigenvalue weighted by Gasteiger charge is -2.12. The molecule has 0 aliphatic heterocycles. The third kappa shape index (κ3) is 3.61. The second kappa shape index (κ2) is 9.22. The van der Waals surface area contributed by atoms with Gasteiger partial charge in [-0.15, -0.1) is 0 Å². The van der Waals surface area contributed by atoms with E-state index in [0.29, 0.717) is 0 Å². The van der Waals surface area contributed by atoms with Crippen molar-refractivity contribution in [3.05, 3.63) is 174 Å². The quantitative estimate of drug-likeness (QED) is 0.219. The van der Waals surface area contributed by atoms with Crippen molar-refractivity contribution in [2.75, 3.05) is 0 Å². The van der Waals surface area contributed by atoms with Crippen LogP contribution >= 0.6 is 0 Å². The minimum atomic E-state index is 1.23. The van der Waals surface area contributed by atoms with E-state index in [4.69, 9.17) is 0 Å². The van der Waals surface area contributed by atoms with Crippen LogP contribution in [0.4, 0.5) is 0 Å². The third-order valence-corrected chi connectivity index (χ3v) is 8.24. The average molecular weight is 507 g/mol. The fraction of sp³-hybridized carbons (Fsp3) is 0. The lowest BCUT2D eigenvalue weighted by Crippen LogP contribution is -1.89. The van der Waals surface area contributed by atoms with E-state index in [-0.39, 0.29) is 0 Å². The zero-order valence-electron chi connectivity index (χ0n) is 22.0. The van der Waals surface area contributed by atoms with Crippen LogP contribution in [0.5, 0.6) is 0 Å². The van der Waals surface area contributed by atoms with E-state index >= 15 is 0 Å². The van der Waals surface area contributed by atoms with Crippen molar-refractivity contribution in [3.8, 4) is 33.4 Å². The smallest absolute Gasteiger partial charge is 0.00259 e. The second-order valence-corrected chi connectivity index (χ2v) is 10.5. The van der Waals surface area contributed by atoms with Gasteiger partial charge in [0.25, 0.3) is 0 Å². The van der Waals surface area contributed by atoms with E-state index in [2.05, 4.69) is 158 Å². The molecular weight excluding hydrogens is 480 g/mol. The Morgan fingerprint density at radius 2 is 0.800 bits per heavy atom. The van der Waals surface area contributed by atoms with Gasteiger partial charge in [0.2, 0.25) is 0 Å². The summed E-state index contributed by atoms with van der Waals surface area (Å²) in [5.74, 6) is 0. The molecule has 0 unspecified atom stereocenters. The second-order valence-electron chi connectivity index (χ2n) is 10.5. The fourth-order valence-corrected chi connectivity index (χ4v) is 6.39. The van der Waals surface area contributed by atoms with E-state index in [0.717, 1.165) is 0 Å². The largest absolute Gasteiger partial charge is 0.0622 e. The maximum atomic E-state index is 2.40. The lowest BCUT2D eigenvalue weighted by molar-refractivity contribution is 1.59. The summed E-state index contributed by atoms with van der Waals surface area (Å²) in [6, 6.07) is 44.5. The van der Waals surface area contributed by atoms with Crippen LogP contribution < -0.4 is 0 Å². The van der Waals surface area contributed by atoms with Crippen molar-refractivity contribution in [2.24, 2.45) is 0 Å². The maximum absolute atomic E-state index is 2.40. The summed E-state index contributed by atoms with van der Waals surface area (Å²) in [4.78, 5) is 0. The number of hydrogen-bond donors (Lipinski definition) is 0. The lowest BCUT2D eigenvalue weighted by atomic mass is 9.91. The molecule has 2 aliphatic carbocycles. The first-order valence-corrected chi connectivity index (χ1v) is 13.9. The number of rotatable bonds is 2. The Balaban J connectivity index is 1.36. The van der Waals surface area contributed by atoms with Crippen molar-refractivity contribution < 1.29 is 0 Å². The van der Waals surface area contributed by atoms with Crippen molar-refractivity contribution in [1.29, 1.82) is 0 Å². The Morgan fingerprint density at radius 1 is 0.325 bits per heavy atom. The molecule has 40 heavy (non-hydrogen) atoms. The van der Waals surface area contributed by atoms with Gasteiger partial charge in [-0.3, -0.25) is 0 Å². The van der Waals surface area contributed by atoms with Crippen LogP contribution in [-0.2, 0) is 0 Å². The van der Waals surface area contributed by atoms with Crippen LogP contribution in [-0.4, -0.2) is 0 Å². The molecule has 0 aromatic heterocycles. The zero-order valence-corrected chi connectivity index (χ0v) is 22.0. The predicted molar refractivity (Wildman–Crippen MR) is 171 cm³/mol. The third-order valence-electron chi connectivity index (χ3n) is 8.24. The molecule has 6 aromatic carbocycles. The molecule has 0 saturated carbocycles. The molecule has 186 valence electrons. The first-order chi connectivity index (χ1) is 19.8. The molecule has 0 fully saturated rings. The van der Waals surface area contributed by atoms with Crippen LogP contribution in [0, 0.1) is 0 Å². The van der Waals surface area contributed by atoms with Gasteiger partial charge >= 0.3 is 0 Å². The van der Waals surface area contributed by atoms with Gasteiger partial charge in [-0.05, 0) is 89.3 Å². The molecule has 0 N–H and O–H groups in total. The van der Waals surface area contributed by atoms with E-state index < -0.39 is 0 Å². The van der Waals surface area contributed by atoms with Crippen LogP contribution in [0.2, 0.25) is 0 Å². The van der Waals surface area contributed by atoms with Crippen LogP contribution in [0.1, 0.15) is 11.1 Å². The normalized spacial score (nSPS) is 13.6. The van der Waals surface area contributed by atoms with E-state index in [1.807, 2.05) is 0 Å². The zero-order chi connectivity index (χ0) is 26.5. The van der Waals surface area contributed by atoms with Crippen molar-refractivity contribution in [3.63, 3.8) is 0 Å². The highest BCUT2D eigenvalue weighted by molar-refractivity contribution is 6.07. The molecule has 0 atom stereocenters. The van der Waals surface area contributed by atoms with Gasteiger partial charge in [0.15, 0.2) is 0 Å². The summed E-state index contributed by atoms with van der Waals surface area (Å²) < 4.78 is 0. The molecule has 0 radical (unpaired) electrons. The van der Waals surface area contributed by atoms with Gasteiger partial charge in [-0.1, -0.05) is 146 Å². The molecule has 0 saturated heterocycles. The summed E-state index contributed by atoms with van der Waals surface area (Å²) in [5.41, 5.74) is 12.7. The highest BCUT2D eigenvalue weighted by Gasteiger charge is 2.26. The number of fused-ring (bicyclic) bond motifs is 5. The number of benzene rings is 6. The monoisotopic (exact) mass is 506 g/mol. The minimum absolute atomic E-state index is 1.23. The summed E-state index contributed by atoms with van der Waals surface area (Å²) in [5, 5.41) is 5.10. The summed E-state index contributed by atoms with van der Waals surface area (Å²) >= 11 is 0. The van der Waals surface area contributed by atoms with E-state index in [1.54, 1.807) is 0 Å². The van der Waals surface area contributed by atoms with Gasteiger partial charge in [0.05, 0.1) is 0 Å². The fourth-order valence-electron chi connectivity index (χ4n) is 6.39. The Labute approximate surface area is 234 Å². The molecule has 0 heteroatoms. The Kier molecular flexibility index (Phi) is 5.24. The first-order valence-electron chi connectivity index (χ1n) is 13.9. The van der Waals surface area contributed by atoms with Gasteiger partial charge in [0, 0.05) is 0 Å². The molecule has 0 spiro atoms. The highest BCUT2D eigenvalue weighted by atomic mass is 14.3. The van der Waals surface area contributed by atoms with E-state index in [9.17, 15) is 0 Å². The Hall–Kier alpha value is -5.20. The van der Waals surface area contributed by atoms with Crippen molar-refractivity contribution in [2.45, 2.75) is 0 Å². The highest BCUT2D eigenvalue weighted by Crippen LogP contribution is 2.49. The Morgan fingerprint density at radius 3 is 1.32 bits per heavy atom. The summed E-state index contributed by atoms with van der Waals surface area (Å²) in [6.07, 6.45) is 13.0. The molecule has 0 heterocycles. The van der Waals surface area contributed by atoms with Gasteiger partial charge in [-0.2, -0.15) is 0 Å². The number of hydrogen-bond acceptors (Lipinski definition) is 0. The molecule has 2 aliphatic rings. The molecule has 8 rings (SSSR count). The van der Waals surface area contributed by atoms with Crippen LogP contribution in [0.15, 0.2) is 163 Å². The number of allylic oxidation sites excluding steroid dienone is 7. The van der Waals surface area contributed by atoms with Crippen molar-refractivity contribution in [1.82, 2.24) is 0 Å². The maximum Gasteiger partial charge on any atom is -0.00259 e. The Bertz CT molecular complexity index is 1940. The SMILES string of the molecule is C1=CC=CC(=C2c3cc(-c4cccc5ccccc45)ccc3-c3ccc(-c4cccc5ccccc45)cc32)C=C1. The molecule has 6 aromatic rings. The standard InChI is InChI=1S/C40H26/c1-2-4-14-29(13-3-1)40-38-25-30(34-19-9-15-27-11-5-7-17-32(27)34)21-23-36(38)37-24-22-31(26-39(37)40)35-20-10-16-28-12-6-8-18-33(28)35/h1-26H. The van der Waals surface area contributed by atoms with Crippen LogP contribution in [0.25, 0.3) is 60.5 Å². The van der Waals surface area contributed by atoms with Crippen LogP contribution in [0.3, 0.4) is 0 Å².